The van der Waals surface area contributed by atoms with Crippen LogP contribution in [0.25, 0.3) is 0 Å². The zero-order valence-electron chi connectivity index (χ0n) is 16.0. The Kier molecular flexibility index (Phi) is 7.26. The number of carbonyl (C=O) groups is 2. The first-order chi connectivity index (χ1) is 14.0. The zero-order chi connectivity index (χ0) is 20.6. The summed E-state index contributed by atoms with van der Waals surface area (Å²) >= 11 is 2.81. The lowest BCUT2D eigenvalue weighted by molar-refractivity contribution is -0.118. The Hall–Kier alpha value is -2.84. The molecule has 2 aromatic carbocycles. The maximum absolute atomic E-state index is 12.4. The molecule has 1 heterocycles. The Morgan fingerprint density at radius 3 is 2.66 bits per heavy atom. The van der Waals surface area contributed by atoms with E-state index in [0.29, 0.717) is 16.6 Å². The minimum absolute atomic E-state index is 0.0760. The minimum atomic E-state index is -0.313. The van der Waals surface area contributed by atoms with Gasteiger partial charge in [-0.1, -0.05) is 24.3 Å². The number of rotatable bonds is 8. The molecule has 0 bridgehead atoms. The number of thiazole rings is 1. The third-order valence-corrected chi connectivity index (χ3v) is 5.73. The Morgan fingerprint density at radius 2 is 1.93 bits per heavy atom. The fraction of sp³-hybridized carbons (Fsp3) is 0.190. The van der Waals surface area contributed by atoms with Crippen LogP contribution in [0.2, 0.25) is 0 Å². The molecule has 8 heteroatoms. The average Bonchev–Trinajstić information content (AvgIpc) is 3.12. The van der Waals surface area contributed by atoms with Crippen molar-refractivity contribution in [3.05, 3.63) is 65.7 Å². The van der Waals surface area contributed by atoms with Gasteiger partial charge in [-0.25, -0.2) is 4.98 Å². The van der Waals surface area contributed by atoms with E-state index in [4.69, 9.17) is 4.74 Å². The summed E-state index contributed by atoms with van der Waals surface area (Å²) in [6.45, 7) is 3.64. The highest BCUT2D eigenvalue weighted by atomic mass is 32.2. The molecule has 1 aromatic heterocycles. The second-order valence-electron chi connectivity index (χ2n) is 6.22. The Morgan fingerprint density at radius 1 is 1.14 bits per heavy atom. The molecule has 0 fully saturated rings. The third kappa shape index (κ3) is 6.62. The number of thioether (sulfide) groups is 1. The Labute approximate surface area is 177 Å². The number of nitrogens with zero attached hydrogens (tertiary/aromatic N) is 1. The standard InChI is InChI=1S/C21H21N3O3S2/c1-14-13-28-21(22-14)24-20(26)15(2)29-18-10-6-7-16(11-18)23-19(25)12-27-17-8-4-3-5-9-17/h3-11,13,15H,12H2,1-2H3,(H,23,25)(H,22,24,26). The van der Waals surface area contributed by atoms with Crippen LogP contribution in [0.4, 0.5) is 10.8 Å². The van der Waals surface area contributed by atoms with Gasteiger partial charge in [0.2, 0.25) is 5.91 Å². The number of benzene rings is 2. The van der Waals surface area contributed by atoms with Crippen LogP contribution in [0.5, 0.6) is 5.75 Å². The van der Waals surface area contributed by atoms with Crippen molar-refractivity contribution < 1.29 is 14.3 Å². The van der Waals surface area contributed by atoms with E-state index < -0.39 is 0 Å². The molecule has 3 aromatic rings. The molecule has 1 unspecified atom stereocenters. The quantitative estimate of drug-likeness (QED) is 0.514. The number of aryl methyl sites for hydroxylation is 1. The smallest absolute Gasteiger partial charge is 0.262 e. The van der Waals surface area contributed by atoms with E-state index >= 15 is 0 Å². The lowest BCUT2D eigenvalue weighted by Crippen LogP contribution is -2.22. The second-order valence-corrected chi connectivity index (χ2v) is 8.49. The molecule has 0 saturated carbocycles. The summed E-state index contributed by atoms with van der Waals surface area (Å²) < 4.78 is 5.45. The number of nitrogens with one attached hydrogen (secondary N) is 2. The van der Waals surface area contributed by atoms with Gasteiger partial charge in [-0.2, -0.15) is 0 Å². The summed E-state index contributed by atoms with van der Waals surface area (Å²) in [7, 11) is 0. The third-order valence-electron chi connectivity index (χ3n) is 3.76. The van der Waals surface area contributed by atoms with Gasteiger partial charge in [-0.3, -0.25) is 9.59 Å². The van der Waals surface area contributed by atoms with Crippen molar-refractivity contribution >= 4 is 45.7 Å². The van der Waals surface area contributed by atoms with E-state index in [1.165, 1.54) is 23.1 Å². The number of hydrogen-bond acceptors (Lipinski definition) is 6. The fourth-order valence-electron chi connectivity index (χ4n) is 2.39. The predicted molar refractivity (Wildman–Crippen MR) is 118 cm³/mol. The van der Waals surface area contributed by atoms with Gasteiger partial charge < -0.3 is 15.4 Å². The average molecular weight is 428 g/mol. The maximum Gasteiger partial charge on any atom is 0.262 e. The molecular weight excluding hydrogens is 406 g/mol. The van der Waals surface area contributed by atoms with Gasteiger partial charge in [0, 0.05) is 16.0 Å². The largest absolute Gasteiger partial charge is 0.484 e. The van der Waals surface area contributed by atoms with Crippen LogP contribution in [-0.4, -0.2) is 28.7 Å². The highest BCUT2D eigenvalue weighted by Crippen LogP contribution is 2.27. The lowest BCUT2D eigenvalue weighted by Gasteiger charge is -2.12. The number of amides is 2. The van der Waals surface area contributed by atoms with Crippen molar-refractivity contribution in [1.29, 1.82) is 0 Å². The Balaban J connectivity index is 1.51. The number of para-hydroxylation sites is 1. The second kappa shape index (κ2) is 10.1. The van der Waals surface area contributed by atoms with Gasteiger partial charge >= 0.3 is 0 Å². The number of aromatic nitrogens is 1. The van der Waals surface area contributed by atoms with Gasteiger partial charge in [-0.15, -0.1) is 23.1 Å². The van der Waals surface area contributed by atoms with Crippen molar-refractivity contribution in [3.63, 3.8) is 0 Å². The lowest BCUT2D eigenvalue weighted by atomic mass is 10.3. The first kappa shape index (κ1) is 20.9. The van der Waals surface area contributed by atoms with Crippen molar-refractivity contribution in [2.75, 3.05) is 17.2 Å². The highest BCUT2D eigenvalue weighted by molar-refractivity contribution is 8.00. The molecule has 3 rings (SSSR count). The molecule has 0 radical (unpaired) electrons. The summed E-state index contributed by atoms with van der Waals surface area (Å²) in [5, 5.41) is 7.81. The maximum atomic E-state index is 12.4. The van der Waals surface area contributed by atoms with Crippen LogP contribution >= 0.6 is 23.1 Å². The number of hydrogen-bond donors (Lipinski definition) is 2. The molecular formula is C21H21N3O3S2. The van der Waals surface area contributed by atoms with E-state index in [1.807, 2.05) is 55.6 Å². The zero-order valence-corrected chi connectivity index (χ0v) is 17.7. The SMILES string of the molecule is Cc1csc(NC(=O)C(C)Sc2cccc(NC(=O)COc3ccccc3)c2)n1. The van der Waals surface area contributed by atoms with E-state index in [-0.39, 0.29) is 23.7 Å². The monoisotopic (exact) mass is 427 g/mol. The highest BCUT2D eigenvalue weighted by Gasteiger charge is 2.16. The predicted octanol–water partition coefficient (Wildman–Crippen LogP) is 4.59. The van der Waals surface area contributed by atoms with Crippen LogP contribution in [0.3, 0.4) is 0 Å². The number of anilines is 2. The summed E-state index contributed by atoms with van der Waals surface area (Å²) in [4.78, 5) is 29.6. The molecule has 150 valence electrons. The van der Waals surface area contributed by atoms with Gasteiger partial charge in [0.05, 0.1) is 10.9 Å². The van der Waals surface area contributed by atoms with E-state index in [1.54, 1.807) is 18.2 Å². The van der Waals surface area contributed by atoms with Crippen LogP contribution in [0.1, 0.15) is 12.6 Å². The molecule has 0 aliphatic rings. The molecule has 0 spiro atoms. The topological polar surface area (TPSA) is 80.3 Å². The van der Waals surface area contributed by atoms with Gasteiger partial charge in [0.1, 0.15) is 5.75 Å². The first-order valence-corrected chi connectivity index (χ1v) is 10.7. The summed E-state index contributed by atoms with van der Waals surface area (Å²) in [6, 6.07) is 16.5. The van der Waals surface area contributed by atoms with Crippen molar-refractivity contribution in [1.82, 2.24) is 4.98 Å². The van der Waals surface area contributed by atoms with E-state index in [9.17, 15) is 9.59 Å². The van der Waals surface area contributed by atoms with Gasteiger partial charge in [0.25, 0.3) is 5.91 Å². The molecule has 1 atom stereocenters. The normalized spacial score (nSPS) is 11.5. The summed E-state index contributed by atoms with van der Waals surface area (Å²) in [5.74, 6) is 0.276. The number of ether oxygens (including phenoxy) is 1. The fourth-order valence-corrected chi connectivity index (χ4v) is 4.00. The molecule has 0 saturated heterocycles. The molecule has 6 nitrogen and oxygen atoms in total. The molecule has 0 aliphatic carbocycles. The van der Waals surface area contributed by atoms with E-state index in [0.717, 1.165) is 10.6 Å². The number of carbonyl (C=O) groups excluding carboxylic acids is 2. The van der Waals surface area contributed by atoms with Crippen molar-refractivity contribution in [2.45, 2.75) is 24.0 Å². The van der Waals surface area contributed by atoms with Crippen molar-refractivity contribution in [3.8, 4) is 5.75 Å². The molecule has 29 heavy (non-hydrogen) atoms. The molecule has 0 aliphatic heterocycles. The first-order valence-electron chi connectivity index (χ1n) is 8.97. The van der Waals surface area contributed by atoms with Gasteiger partial charge in [0.15, 0.2) is 11.7 Å². The van der Waals surface area contributed by atoms with Crippen LogP contribution in [0.15, 0.2) is 64.9 Å². The van der Waals surface area contributed by atoms with Crippen LogP contribution in [-0.2, 0) is 9.59 Å². The Bertz CT molecular complexity index is 976. The van der Waals surface area contributed by atoms with Gasteiger partial charge in [-0.05, 0) is 44.2 Å². The van der Waals surface area contributed by atoms with Crippen LogP contribution in [0, 0.1) is 6.92 Å². The summed E-state index contributed by atoms with van der Waals surface area (Å²) in [6.07, 6.45) is 0. The van der Waals surface area contributed by atoms with E-state index in [2.05, 4.69) is 15.6 Å². The molecule has 2 amide bonds. The minimum Gasteiger partial charge on any atom is -0.484 e. The molecule has 2 N–H and O–H groups in total. The van der Waals surface area contributed by atoms with Crippen LogP contribution < -0.4 is 15.4 Å². The summed E-state index contributed by atoms with van der Waals surface area (Å²) in [5.41, 5.74) is 1.53. The van der Waals surface area contributed by atoms with Crippen molar-refractivity contribution in [2.24, 2.45) is 0 Å².